The number of rotatable bonds is 5. The molecule has 21 heavy (non-hydrogen) atoms. The summed E-state index contributed by atoms with van der Waals surface area (Å²) in [5, 5.41) is 3.76. The lowest BCUT2D eigenvalue weighted by atomic mass is 9.90. The molecule has 0 saturated carbocycles. The summed E-state index contributed by atoms with van der Waals surface area (Å²) < 4.78 is 0. The quantitative estimate of drug-likeness (QED) is 0.831. The first-order valence-corrected chi connectivity index (χ1v) is 8.19. The normalized spacial score (nSPS) is 26.6. The minimum Gasteiger partial charge on any atom is -0.311 e. The van der Waals surface area contributed by atoms with Crippen LogP contribution in [-0.2, 0) is 6.42 Å². The Bertz CT molecular complexity index is 462. The molecule has 2 heteroatoms. The Kier molecular flexibility index (Phi) is 5.60. The summed E-state index contributed by atoms with van der Waals surface area (Å²) in [6.45, 7) is 12.3. The Morgan fingerprint density at radius 2 is 2.05 bits per heavy atom. The van der Waals surface area contributed by atoms with Crippen LogP contribution in [0.15, 0.2) is 42.0 Å². The molecule has 2 rings (SSSR count). The molecule has 0 spiro atoms. The summed E-state index contributed by atoms with van der Waals surface area (Å²) in [7, 11) is 0. The van der Waals surface area contributed by atoms with Crippen molar-refractivity contribution >= 4 is 0 Å². The zero-order chi connectivity index (χ0) is 15.3. The number of hydrogen-bond donors (Lipinski definition) is 1. The van der Waals surface area contributed by atoms with Gasteiger partial charge in [-0.25, -0.2) is 0 Å². The van der Waals surface area contributed by atoms with Gasteiger partial charge in [-0.2, -0.15) is 0 Å². The van der Waals surface area contributed by atoms with E-state index in [1.807, 2.05) is 0 Å². The van der Waals surface area contributed by atoms with E-state index >= 15 is 0 Å². The van der Waals surface area contributed by atoms with Crippen molar-refractivity contribution < 1.29 is 0 Å². The maximum Gasteiger partial charge on any atom is 0.0307 e. The lowest BCUT2D eigenvalue weighted by Gasteiger charge is -2.47. The van der Waals surface area contributed by atoms with Crippen molar-refractivity contribution in [3.05, 3.63) is 47.5 Å². The van der Waals surface area contributed by atoms with E-state index in [4.69, 9.17) is 0 Å². The molecule has 0 aliphatic carbocycles. The van der Waals surface area contributed by atoms with Crippen LogP contribution in [-0.4, -0.2) is 36.1 Å². The van der Waals surface area contributed by atoms with Crippen molar-refractivity contribution in [2.75, 3.05) is 19.6 Å². The average Bonchev–Trinajstić information content (AvgIpc) is 2.49. The Hall–Kier alpha value is -1.12. The molecule has 1 aromatic carbocycles. The van der Waals surface area contributed by atoms with Gasteiger partial charge >= 0.3 is 0 Å². The first-order valence-electron chi connectivity index (χ1n) is 8.19. The van der Waals surface area contributed by atoms with E-state index in [-0.39, 0.29) is 5.54 Å². The zero-order valence-electron chi connectivity index (χ0n) is 14.0. The number of allylic oxidation sites excluding steroid dienone is 1. The Morgan fingerprint density at radius 1 is 1.33 bits per heavy atom. The van der Waals surface area contributed by atoms with Crippen LogP contribution in [0.1, 0.15) is 39.7 Å². The second-order valence-electron chi connectivity index (χ2n) is 6.80. The summed E-state index contributed by atoms with van der Waals surface area (Å²) >= 11 is 0. The van der Waals surface area contributed by atoms with Gasteiger partial charge in [0.15, 0.2) is 0 Å². The molecule has 1 heterocycles. The molecular formula is C19H30N2. The maximum atomic E-state index is 3.76. The van der Waals surface area contributed by atoms with Crippen LogP contribution in [0.4, 0.5) is 0 Å². The van der Waals surface area contributed by atoms with Crippen LogP contribution in [0.5, 0.6) is 0 Å². The van der Waals surface area contributed by atoms with Crippen LogP contribution in [0.2, 0.25) is 0 Å². The van der Waals surface area contributed by atoms with Crippen LogP contribution >= 0.6 is 0 Å². The second-order valence-corrected chi connectivity index (χ2v) is 6.80. The van der Waals surface area contributed by atoms with Gasteiger partial charge in [0.2, 0.25) is 0 Å². The highest BCUT2D eigenvalue weighted by molar-refractivity contribution is 5.16. The molecule has 1 N–H and O–H groups in total. The number of piperazine rings is 1. The van der Waals surface area contributed by atoms with Crippen molar-refractivity contribution in [3.63, 3.8) is 0 Å². The first-order chi connectivity index (χ1) is 10.0. The van der Waals surface area contributed by atoms with Crippen molar-refractivity contribution in [3.8, 4) is 0 Å². The van der Waals surface area contributed by atoms with E-state index < -0.39 is 0 Å². The number of nitrogens with one attached hydrogen (secondary N) is 1. The van der Waals surface area contributed by atoms with Crippen LogP contribution in [0, 0.1) is 0 Å². The van der Waals surface area contributed by atoms with E-state index in [9.17, 15) is 0 Å². The molecule has 1 aromatic rings. The second kappa shape index (κ2) is 7.24. The fourth-order valence-electron chi connectivity index (χ4n) is 3.00. The predicted octanol–water partition coefficient (Wildman–Crippen LogP) is 3.64. The fraction of sp³-hybridized carbons (Fsp3) is 0.579. The molecule has 1 fully saturated rings. The zero-order valence-corrected chi connectivity index (χ0v) is 14.0. The molecular weight excluding hydrogens is 256 g/mol. The van der Waals surface area contributed by atoms with Gasteiger partial charge in [0.25, 0.3) is 0 Å². The fourth-order valence-corrected chi connectivity index (χ4v) is 3.00. The average molecular weight is 286 g/mol. The van der Waals surface area contributed by atoms with Crippen molar-refractivity contribution in [2.24, 2.45) is 0 Å². The number of nitrogens with zero attached hydrogens (tertiary/aromatic N) is 1. The van der Waals surface area contributed by atoms with Gasteiger partial charge in [0.05, 0.1) is 0 Å². The SMILES string of the molecule is CCC1(C)CNC(Cc2ccccc2)CN1CC=C(C)C. The number of hydrogen-bond acceptors (Lipinski definition) is 2. The van der Waals surface area contributed by atoms with Crippen LogP contribution < -0.4 is 5.32 Å². The first kappa shape index (κ1) is 16.3. The molecule has 2 atom stereocenters. The monoisotopic (exact) mass is 286 g/mol. The third-order valence-corrected chi connectivity index (χ3v) is 4.78. The molecule has 1 saturated heterocycles. The van der Waals surface area contributed by atoms with Crippen molar-refractivity contribution in [1.29, 1.82) is 0 Å². The van der Waals surface area contributed by atoms with E-state index in [1.165, 1.54) is 17.6 Å². The van der Waals surface area contributed by atoms with Gasteiger partial charge in [0.1, 0.15) is 0 Å². The maximum absolute atomic E-state index is 3.76. The lowest BCUT2D eigenvalue weighted by Crippen LogP contribution is -2.63. The molecule has 1 aliphatic heterocycles. The summed E-state index contributed by atoms with van der Waals surface area (Å²) in [5.41, 5.74) is 3.11. The molecule has 1 aliphatic rings. The minimum atomic E-state index is 0.277. The highest BCUT2D eigenvalue weighted by atomic mass is 15.3. The highest BCUT2D eigenvalue weighted by Gasteiger charge is 2.35. The molecule has 2 unspecified atom stereocenters. The third-order valence-electron chi connectivity index (χ3n) is 4.78. The van der Waals surface area contributed by atoms with E-state index in [2.05, 4.69) is 74.3 Å². The summed E-state index contributed by atoms with van der Waals surface area (Å²) in [6, 6.07) is 11.4. The largest absolute Gasteiger partial charge is 0.311 e. The highest BCUT2D eigenvalue weighted by Crippen LogP contribution is 2.24. The Morgan fingerprint density at radius 3 is 2.67 bits per heavy atom. The van der Waals surface area contributed by atoms with E-state index in [1.54, 1.807) is 0 Å². The van der Waals surface area contributed by atoms with Crippen molar-refractivity contribution in [1.82, 2.24) is 10.2 Å². The molecule has 0 radical (unpaired) electrons. The smallest absolute Gasteiger partial charge is 0.0307 e. The standard InChI is InChI=1S/C19H30N2/c1-5-19(4)15-20-18(13-17-9-7-6-8-10-17)14-21(19)12-11-16(2)3/h6-11,18,20H,5,12-15H2,1-4H3. The van der Waals surface area contributed by atoms with Gasteiger partial charge in [-0.1, -0.05) is 48.9 Å². The Labute approximate surface area is 130 Å². The Balaban J connectivity index is 2.03. The van der Waals surface area contributed by atoms with Crippen molar-refractivity contribution in [2.45, 2.75) is 52.1 Å². The number of benzene rings is 1. The molecule has 116 valence electrons. The van der Waals surface area contributed by atoms with E-state index in [0.29, 0.717) is 6.04 Å². The third kappa shape index (κ3) is 4.42. The minimum absolute atomic E-state index is 0.277. The molecule has 0 bridgehead atoms. The van der Waals surface area contributed by atoms with Gasteiger partial charge in [-0.05, 0) is 39.2 Å². The van der Waals surface area contributed by atoms with Crippen LogP contribution in [0.3, 0.4) is 0 Å². The topological polar surface area (TPSA) is 15.3 Å². The summed E-state index contributed by atoms with van der Waals surface area (Å²) in [5.74, 6) is 0. The predicted molar refractivity (Wildman–Crippen MR) is 91.6 cm³/mol. The van der Waals surface area contributed by atoms with Crippen LogP contribution in [0.25, 0.3) is 0 Å². The van der Waals surface area contributed by atoms with Gasteiger partial charge in [-0.15, -0.1) is 0 Å². The lowest BCUT2D eigenvalue weighted by molar-refractivity contribution is 0.0603. The molecule has 2 nitrogen and oxygen atoms in total. The van der Waals surface area contributed by atoms with Gasteiger partial charge < -0.3 is 5.32 Å². The molecule has 0 amide bonds. The van der Waals surface area contributed by atoms with E-state index in [0.717, 1.165) is 26.1 Å². The molecule has 0 aromatic heterocycles. The summed E-state index contributed by atoms with van der Waals surface area (Å²) in [6.07, 6.45) is 4.67. The van der Waals surface area contributed by atoms with Gasteiger partial charge in [0, 0.05) is 31.2 Å². The van der Waals surface area contributed by atoms with Gasteiger partial charge in [-0.3, -0.25) is 4.90 Å². The summed E-state index contributed by atoms with van der Waals surface area (Å²) in [4.78, 5) is 2.66.